The smallest absolute Gasteiger partial charge is 0.262 e. The van der Waals surface area contributed by atoms with Crippen molar-refractivity contribution in [2.24, 2.45) is 10.9 Å². The number of amides is 1. The Morgan fingerprint density at radius 1 is 0.957 bits per heavy atom. The van der Waals surface area contributed by atoms with Crippen molar-refractivity contribution in [1.82, 2.24) is 5.32 Å². The topological polar surface area (TPSA) is 41.5 Å². The van der Waals surface area contributed by atoms with Gasteiger partial charge >= 0.3 is 0 Å². The lowest BCUT2D eigenvalue weighted by Crippen LogP contribution is -2.38. The highest BCUT2D eigenvalue weighted by Crippen LogP contribution is 2.37. The summed E-state index contributed by atoms with van der Waals surface area (Å²) in [5, 5.41) is 2.92. The molecule has 23 heavy (non-hydrogen) atoms. The fraction of sp³-hybridized carbons (Fsp3) is 0.200. The van der Waals surface area contributed by atoms with Gasteiger partial charge in [-0.05, 0) is 23.1 Å². The second-order valence-electron chi connectivity index (χ2n) is 6.00. The number of allylic oxidation sites excluding steroid dienone is 1. The number of benzene rings is 2. The minimum absolute atomic E-state index is 0.113. The van der Waals surface area contributed by atoms with Gasteiger partial charge in [0.25, 0.3) is 5.91 Å². The Balaban J connectivity index is 2.16. The van der Waals surface area contributed by atoms with Crippen LogP contribution >= 0.6 is 0 Å². The molecule has 2 aromatic rings. The normalized spacial score (nSPS) is 16.7. The summed E-state index contributed by atoms with van der Waals surface area (Å²) in [6.07, 6.45) is 3.92. The third kappa shape index (κ3) is 2.82. The molecule has 1 N–H and O–H groups in total. The van der Waals surface area contributed by atoms with Crippen LogP contribution in [0.1, 0.15) is 25.0 Å². The van der Waals surface area contributed by atoms with Gasteiger partial charge < -0.3 is 5.32 Å². The first kappa shape index (κ1) is 15.2. The van der Waals surface area contributed by atoms with Crippen molar-refractivity contribution in [2.45, 2.75) is 19.4 Å². The van der Waals surface area contributed by atoms with Crippen LogP contribution in [-0.4, -0.2) is 11.7 Å². The first-order chi connectivity index (χ1) is 11.1. The highest BCUT2D eigenvalue weighted by molar-refractivity contribution is 6.14. The molecule has 0 saturated heterocycles. The molecule has 3 rings (SSSR count). The van der Waals surface area contributed by atoms with E-state index in [-0.39, 0.29) is 5.91 Å². The van der Waals surface area contributed by atoms with Gasteiger partial charge in [0.15, 0.2) is 5.54 Å². The average Bonchev–Trinajstić information content (AvgIpc) is 2.92. The van der Waals surface area contributed by atoms with Gasteiger partial charge in [0.2, 0.25) is 0 Å². The van der Waals surface area contributed by atoms with Gasteiger partial charge in [0.1, 0.15) is 5.84 Å². The number of aliphatic imine (C=N–C) groups is 1. The van der Waals surface area contributed by atoms with Gasteiger partial charge in [-0.3, -0.25) is 4.79 Å². The van der Waals surface area contributed by atoms with E-state index in [1.54, 1.807) is 0 Å². The Kier molecular flexibility index (Phi) is 4.11. The second-order valence-corrected chi connectivity index (χ2v) is 6.00. The minimum atomic E-state index is -1.01. The van der Waals surface area contributed by atoms with E-state index in [0.717, 1.165) is 11.1 Å². The summed E-state index contributed by atoms with van der Waals surface area (Å²) >= 11 is 0. The molecular formula is C20H20N2O. The fourth-order valence-electron chi connectivity index (χ4n) is 2.75. The molecule has 0 atom stereocenters. The summed E-state index contributed by atoms with van der Waals surface area (Å²) in [5.41, 5.74) is 0.729. The quantitative estimate of drug-likeness (QED) is 0.920. The van der Waals surface area contributed by atoms with Gasteiger partial charge in [-0.25, -0.2) is 4.99 Å². The van der Waals surface area contributed by atoms with Crippen LogP contribution in [0.5, 0.6) is 0 Å². The van der Waals surface area contributed by atoms with E-state index in [4.69, 9.17) is 4.99 Å². The molecule has 116 valence electrons. The maximum absolute atomic E-state index is 12.9. The average molecular weight is 304 g/mol. The van der Waals surface area contributed by atoms with Crippen LogP contribution in [0.25, 0.3) is 0 Å². The van der Waals surface area contributed by atoms with Crippen LogP contribution in [0.2, 0.25) is 0 Å². The number of nitrogens with one attached hydrogen (secondary N) is 1. The number of rotatable bonds is 4. The van der Waals surface area contributed by atoms with Crippen molar-refractivity contribution in [3.8, 4) is 0 Å². The van der Waals surface area contributed by atoms with Crippen LogP contribution in [-0.2, 0) is 10.3 Å². The molecule has 1 heterocycles. The molecule has 3 heteroatoms. The lowest BCUT2D eigenvalue weighted by molar-refractivity contribution is -0.122. The van der Waals surface area contributed by atoms with Crippen molar-refractivity contribution < 1.29 is 4.79 Å². The van der Waals surface area contributed by atoms with E-state index in [0.29, 0.717) is 11.8 Å². The largest absolute Gasteiger partial charge is 0.308 e. The van der Waals surface area contributed by atoms with Crippen molar-refractivity contribution in [2.75, 3.05) is 0 Å². The molecule has 0 aromatic heterocycles. The third-order valence-electron chi connectivity index (χ3n) is 3.88. The molecule has 0 bridgehead atoms. The molecular weight excluding hydrogens is 284 g/mol. The van der Waals surface area contributed by atoms with Crippen LogP contribution in [0.15, 0.2) is 77.8 Å². The summed E-state index contributed by atoms with van der Waals surface area (Å²) in [6, 6.07) is 19.4. The molecule has 0 spiro atoms. The fourth-order valence-corrected chi connectivity index (χ4v) is 2.75. The molecule has 2 aromatic carbocycles. The monoisotopic (exact) mass is 304 g/mol. The van der Waals surface area contributed by atoms with Gasteiger partial charge in [-0.2, -0.15) is 0 Å². The third-order valence-corrected chi connectivity index (χ3v) is 3.88. The standard InChI is InChI=1S/C20H20N2O/c1-15(2)13-14-18-21-19(23)20(22-18,16-9-5-3-6-10-16)17-11-7-4-8-12-17/h3-15H,1-2H3,(H,21,22,23)/b14-13+. The van der Waals surface area contributed by atoms with Crippen LogP contribution in [0.3, 0.4) is 0 Å². The SMILES string of the molecule is CC(C)/C=C/C1=NC(c2ccccc2)(c2ccccc2)C(=O)N1. The van der Waals surface area contributed by atoms with Gasteiger partial charge in [0, 0.05) is 0 Å². The van der Waals surface area contributed by atoms with Crippen LogP contribution < -0.4 is 5.32 Å². The van der Waals surface area contributed by atoms with Crippen molar-refractivity contribution in [3.63, 3.8) is 0 Å². The van der Waals surface area contributed by atoms with E-state index >= 15 is 0 Å². The Morgan fingerprint density at radius 2 is 1.48 bits per heavy atom. The molecule has 1 aliphatic rings. The molecule has 3 nitrogen and oxygen atoms in total. The van der Waals surface area contributed by atoms with Gasteiger partial charge in [0.05, 0.1) is 0 Å². The number of nitrogens with zero attached hydrogens (tertiary/aromatic N) is 1. The van der Waals surface area contributed by atoms with Crippen LogP contribution in [0, 0.1) is 5.92 Å². The lowest BCUT2D eigenvalue weighted by Gasteiger charge is -2.24. The summed E-state index contributed by atoms with van der Waals surface area (Å²) in [6.45, 7) is 4.19. The summed E-state index contributed by atoms with van der Waals surface area (Å²) < 4.78 is 0. The highest BCUT2D eigenvalue weighted by Gasteiger charge is 2.46. The molecule has 0 fully saturated rings. The second kappa shape index (κ2) is 6.21. The lowest BCUT2D eigenvalue weighted by atomic mass is 9.83. The summed E-state index contributed by atoms with van der Waals surface area (Å²) in [4.78, 5) is 17.7. The number of carbonyl (C=O) groups excluding carboxylic acids is 1. The van der Waals surface area contributed by atoms with Crippen molar-refractivity contribution in [3.05, 3.63) is 83.9 Å². The minimum Gasteiger partial charge on any atom is -0.308 e. The molecule has 0 unspecified atom stereocenters. The van der Waals surface area contributed by atoms with Crippen molar-refractivity contribution >= 4 is 11.7 Å². The van der Waals surface area contributed by atoms with E-state index < -0.39 is 5.54 Å². The number of hydrogen-bond acceptors (Lipinski definition) is 2. The molecule has 1 amide bonds. The molecule has 0 radical (unpaired) electrons. The Bertz CT molecular complexity index is 706. The van der Waals surface area contributed by atoms with Gasteiger partial charge in [-0.1, -0.05) is 80.6 Å². The maximum Gasteiger partial charge on any atom is 0.262 e. The number of hydrogen-bond donors (Lipinski definition) is 1. The Hall–Kier alpha value is -2.68. The maximum atomic E-state index is 12.9. The predicted octanol–water partition coefficient (Wildman–Crippen LogP) is 3.67. The van der Waals surface area contributed by atoms with Crippen molar-refractivity contribution in [1.29, 1.82) is 0 Å². The zero-order valence-electron chi connectivity index (χ0n) is 13.4. The number of carbonyl (C=O) groups is 1. The zero-order valence-corrected chi connectivity index (χ0v) is 13.4. The summed E-state index contributed by atoms with van der Waals surface area (Å²) in [5.74, 6) is 0.896. The van der Waals surface area contributed by atoms with Gasteiger partial charge in [-0.15, -0.1) is 0 Å². The zero-order chi connectivity index (χ0) is 16.3. The van der Waals surface area contributed by atoms with Crippen LogP contribution in [0.4, 0.5) is 0 Å². The van der Waals surface area contributed by atoms with E-state index in [1.165, 1.54) is 0 Å². The van der Waals surface area contributed by atoms with E-state index in [9.17, 15) is 4.79 Å². The summed E-state index contributed by atoms with van der Waals surface area (Å²) in [7, 11) is 0. The molecule has 1 aliphatic heterocycles. The molecule has 0 aliphatic carbocycles. The van der Waals surface area contributed by atoms with E-state index in [1.807, 2.05) is 72.8 Å². The number of amidine groups is 1. The molecule has 0 saturated carbocycles. The Morgan fingerprint density at radius 3 is 1.96 bits per heavy atom. The first-order valence-electron chi connectivity index (χ1n) is 7.83. The van der Waals surface area contributed by atoms with E-state index in [2.05, 4.69) is 19.2 Å². The predicted molar refractivity (Wildman–Crippen MR) is 93.2 cm³/mol. The Labute approximate surface area is 136 Å². The highest BCUT2D eigenvalue weighted by atomic mass is 16.2. The first-order valence-corrected chi connectivity index (χ1v) is 7.83.